The molecule has 3 nitrogen and oxygen atoms in total. The molecule has 0 radical (unpaired) electrons. The average Bonchev–Trinajstić information content (AvgIpc) is 2.37. The van der Waals surface area contributed by atoms with Crippen molar-refractivity contribution < 1.29 is 9.90 Å². The van der Waals surface area contributed by atoms with Gasteiger partial charge in [0.1, 0.15) is 6.04 Å². The Morgan fingerprint density at radius 2 is 2.19 bits per heavy atom. The zero-order valence-corrected chi connectivity index (χ0v) is 14.0. The van der Waals surface area contributed by atoms with Crippen LogP contribution in [-0.4, -0.2) is 23.3 Å². The predicted molar refractivity (Wildman–Crippen MR) is 88.8 cm³/mol. The van der Waals surface area contributed by atoms with E-state index in [1.807, 2.05) is 0 Å². The third-order valence-corrected chi connectivity index (χ3v) is 4.38. The van der Waals surface area contributed by atoms with Gasteiger partial charge < -0.3 is 5.11 Å². The standard InChI is InChI=1S/C18H29NO2/c1-13(10-12-19-15(3)17(20)21)8-9-16-14(2)7-6-11-18(16,4)5/h7-9,12-13,15-16H,6,10-11H2,1-5H3,(H,20,21)/t13?,15-,16?/m0/s1. The van der Waals surface area contributed by atoms with Gasteiger partial charge in [-0.3, -0.25) is 4.99 Å². The highest BCUT2D eigenvalue weighted by Crippen LogP contribution is 2.41. The summed E-state index contributed by atoms with van der Waals surface area (Å²) in [6, 6.07) is -0.649. The van der Waals surface area contributed by atoms with Crippen molar-refractivity contribution in [2.45, 2.75) is 59.9 Å². The van der Waals surface area contributed by atoms with Crippen LogP contribution in [0.25, 0.3) is 0 Å². The van der Waals surface area contributed by atoms with E-state index in [1.54, 1.807) is 13.1 Å². The first kappa shape index (κ1) is 17.7. The minimum atomic E-state index is -0.876. The van der Waals surface area contributed by atoms with Crippen molar-refractivity contribution in [1.29, 1.82) is 0 Å². The molecule has 0 aromatic carbocycles. The number of carboxylic acids is 1. The summed E-state index contributed by atoms with van der Waals surface area (Å²) >= 11 is 0. The molecular formula is C18H29NO2. The van der Waals surface area contributed by atoms with Crippen LogP contribution in [0, 0.1) is 17.3 Å². The molecule has 0 amide bonds. The molecule has 1 rings (SSSR count). The highest BCUT2D eigenvalue weighted by atomic mass is 16.4. The van der Waals surface area contributed by atoms with Gasteiger partial charge in [0.2, 0.25) is 0 Å². The lowest BCUT2D eigenvalue weighted by Gasteiger charge is -2.36. The van der Waals surface area contributed by atoms with Gasteiger partial charge in [-0.25, -0.2) is 4.79 Å². The van der Waals surface area contributed by atoms with Crippen molar-refractivity contribution in [1.82, 2.24) is 0 Å². The monoisotopic (exact) mass is 291 g/mol. The van der Waals surface area contributed by atoms with E-state index in [0.717, 1.165) is 6.42 Å². The Kier molecular flexibility index (Phi) is 6.38. The first-order valence-electron chi connectivity index (χ1n) is 7.83. The number of rotatable bonds is 6. The summed E-state index contributed by atoms with van der Waals surface area (Å²) in [6.45, 7) is 10.6. The molecule has 0 aromatic rings. The van der Waals surface area contributed by atoms with Gasteiger partial charge in [0.15, 0.2) is 0 Å². The quantitative estimate of drug-likeness (QED) is 0.579. The van der Waals surface area contributed by atoms with E-state index in [-0.39, 0.29) is 0 Å². The van der Waals surface area contributed by atoms with Gasteiger partial charge in [0, 0.05) is 12.1 Å². The maximum atomic E-state index is 10.7. The molecule has 0 aliphatic heterocycles. The molecule has 0 saturated heterocycles. The Labute approximate surface area is 128 Å². The summed E-state index contributed by atoms with van der Waals surface area (Å²) in [5, 5.41) is 8.77. The van der Waals surface area contributed by atoms with Gasteiger partial charge in [0.25, 0.3) is 0 Å². The van der Waals surface area contributed by atoms with E-state index in [2.05, 4.69) is 50.9 Å². The highest BCUT2D eigenvalue weighted by Gasteiger charge is 2.30. The summed E-state index contributed by atoms with van der Waals surface area (Å²) in [5.41, 5.74) is 1.78. The van der Waals surface area contributed by atoms with E-state index in [1.165, 1.54) is 18.4 Å². The van der Waals surface area contributed by atoms with E-state index >= 15 is 0 Å². The minimum absolute atomic E-state index is 0.320. The lowest BCUT2D eigenvalue weighted by molar-refractivity contribution is -0.137. The van der Waals surface area contributed by atoms with Crippen LogP contribution < -0.4 is 0 Å². The van der Waals surface area contributed by atoms with Gasteiger partial charge in [-0.2, -0.15) is 0 Å². The number of hydrogen-bond acceptors (Lipinski definition) is 2. The smallest absolute Gasteiger partial charge is 0.328 e. The van der Waals surface area contributed by atoms with Crippen molar-refractivity contribution >= 4 is 12.2 Å². The Morgan fingerprint density at radius 3 is 2.76 bits per heavy atom. The second kappa shape index (κ2) is 7.58. The molecule has 1 aliphatic rings. The molecule has 118 valence electrons. The second-order valence-electron chi connectivity index (χ2n) is 6.90. The van der Waals surface area contributed by atoms with Crippen molar-refractivity contribution in [3.63, 3.8) is 0 Å². The van der Waals surface area contributed by atoms with Crippen LogP contribution in [0.5, 0.6) is 0 Å². The molecule has 2 unspecified atom stereocenters. The maximum Gasteiger partial charge on any atom is 0.328 e. The number of aliphatic imine (C=N–C) groups is 1. The fourth-order valence-electron chi connectivity index (χ4n) is 2.81. The first-order chi connectivity index (χ1) is 9.74. The van der Waals surface area contributed by atoms with Gasteiger partial charge >= 0.3 is 5.97 Å². The van der Waals surface area contributed by atoms with Crippen LogP contribution in [0.3, 0.4) is 0 Å². The van der Waals surface area contributed by atoms with Crippen molar-refractivity contribution in [3.8, 4) is 0 Å². The Balaban J connectivity index is 2.57. The Morgan fingerprint density at radius 1 is 1.52 bits per heavy atom. The molecule has 3 heteroatoms. The van der Waals surface area contributed by atoms with Crippen LogP contribution >= 0.6 is 0 Å². The molecule has 0 spiro atoms. The third kappa shape index (κ3) is 5.49. The average molecular weight is 291 g/mol. The van der Waals surface area contributed by atoms with Crippen molar-refractivity contribution in [3.05, 3.63) is 23.8 Å². The van der Waals surface area contributed by atoms with Gasteiger partial charge in [0.05, 0.1) is 0 Å². The topological polar surface area (TPSA) is 49.7 Å². The summed E-state index contributed by atoms with van der Waals surface area (Å²) in [7, 11) is 0. The number of allylic oxidation sites excluding steroid dienone is 4. The van der Waals surface area contributed by atoms with Gasteiger partial charge in [-0.05, 0) is 44.4 Å². The van der Waals surface area contributed by atoms with E-state index in [0.29, 0.717) is 17.3 Å². The summed E-state index contributed by atoms with van der Waals surface area (Å²) < 4.78 is 0. The number of aliphatic carboxylic acids is 1. The fourth-order valence-corrected chi connectivity index (χ4v) is 2.81. The molecule has 0 aromatic heterocycles. The molecule has 1 N–H and O–H groups in total. The largest absolute Gasteiger partial charge is 0.480 e. The molecule has 21 heavy (non-hydrogen) atoms. The first-order valence-corrected chi connectivity index (χ1v) is 7.83. The van der Waals surface area contributed by atoms with Crippen LogP contribution in [0.1, 0.15) is 53.9 Å². The number of hydrogen-bond donors (Lipinski definition) is 1. The van der Waals surface area contributed by atoms with Gasteiger partial charge in [-0.15, -0.1) is 0 Å². The Bertz CT molecular complexity index is 446. The second-order valence-corrected chi connectivity index (χ2v) is 6.90. The molecule has 0 fully saturated rings. The molecular weight excluding hydrogens is 262 g/mol. The van der Waals surface area contributed by atoms with E-state index in [4.69, 9.17) is 5.11 Å². The van der Waals surface area contributed by atoms with E-state index in [9.17, 15) is 4.79 Å². The lowest BCUT2D eigenvalue weighted by Crippen LogP contribution is -2.26. The molecule has 0 heterocycles. The molecule has 0 bridgehead atoms. The number of carbonyl (C=O) groups is 1. The fraction of sp³-hybridized carbons (Fsp3) is 0.667. The van der Waals surface area contributed by atoms with Gasteiger partial charge in [-0.1, -0.05) is 44.6 Å². The number of carboxylic acid groups (broad SMARTS) is 1. The Hall–Kier alpha value is -1.38. The van der Waals surface area contributed by atoms with Crippen LogP contribution in [0.2, 0.25) is 0 Å². The summed E-state index contributed by atoms with van der Waals surface area (Å²) in [5.74, 6) is 0.00279. The minimum Gasteiger partial charge on any atom is -0.480 e. The van der Waals surface area contributed by atoms with Crippen molar-refractivity contribution in [2.75, 3.05) is 0 Å². The van der Waals surface area contributed by atoms with Crippen LogP contribution in [0.15, 0.2) is 28.8 Å². The van der Waals surface area contributed by atoms with Crippen molar-refractivity contribution in [2.24, 2.45) is 22.2 Å². The van der Waals surface area contributed by atoms with Crippen LogP contribution in [0.4, 0.5) is 0 Å². The zero-order valence-electron chi connectivity index (χ0n) is 14.0. The van der Waals surface area contributed by atoms with E-state index < -0.39 is 12.0 Å². The van der Waals surface area contributed by atoms with Crippen LogP contribution in [-0.2, 0) is 4.79 Å². The lowest BCUT2D eigenvalue weighted by atomic mass is 9.68. The highest BCUT2D eigenvalue weighted by molar-refractivity contribution is 5.75. The zero-order chi connectivity index (χ0) is 16.0. The molecule has 0 saturated carbocycles. The summed E-state index contributed by atoms with van der Waals surface area (Å²) in [4.78, 5) is 14.7. The normalized spacial score (nSPS) is 25.0. The SMILES string of the molecule is CC1=CCCC(C)(C)C1C=CC(C)CC=N[C@@H](C)C(=O)O. The predicted octanol–water partition coefficient (Wildman–Crippen LogP) is 4.50. The molecule has 1 aliphatic carbocycles. The molecule has 3 atom stereocenters. The number of nitrogens with zero attached hydrogens (tertiary/aromatic N) is 1. The maximum absolute atomic E-state index is 10.7. The third-order valence-electron chi connectivity index (χ3n) is 4.38. The summed E-state index contributed by atoms with van der Waals surface area (Å²) in [6.07, 6.45) is 11.8.